The summed E-state index contributed by atoms with van der Waals surface area (Å²) in [6.45, 7) is 4.04. The van der Waals surface area contributed by atoms with Gasteiger partial charge in [0, 0.05) is 6.54 Å². The molecular formula is C14H21N3O3. The zero-order valence-electron chi connectivity index (χ0n) is 12.0. The van der Waals surface area contributed by atoms with E-state index in [1.54, 1.807) is 7.11 Å². The van der Waals surface area contributed by atoms with Gasteiger partial charge in [0.2, 0.25) is 5.91 Å². The van der Waals surface area contributed by atoms with Crippen LogP contribution in [0, 0.1) is 5.92 Å². The number of primary amides is 1. The molecule has 0 unspecified atom stereocenters. The lowest BCUT2D eigenvalue weighted by Gasteiger charge is -2.20. The first-order chi connectivity index (χ1) is 9.43. The molecule has 0 radical (unpaired) electrons. The van der Waals surface area contributed by atoms with Gasteiger partial charge >= 0.3 is 6.03 Å². The van der Waals surface area contributed by atoms with Crippen molar-refractivity contribution in [3.63, 3.8) is 0 Å². The van der Waals surface area contributed by atoms with E-state index in [1.807, 2.05) is 38.1 Å². The van der Waals surface area contributed by atoms with Crippen LogP contribution in [0.15, 0.2) is 24.3 Å². The Kier molecular flexibility index (Phi) is 5.83. The molecule has 0 aromatic heterocycles. The van der Waals surface area contributed by atoms with Crippen LogP contribution < -0.4 is 21.1 Å². The SMILES string of the molecule is COc1cccc(CNC(=O)[C@@H](NC(N)=O)C(C)C)c1. The molecular weight excluding hydrogens is 258 g/mol. The molecule has 110 valence electrons. The summed E-state index contributed by atoms with van der Waals surface area (Å²) in [5, 5.41) is 5.21. The third-order valence-corrected chi connectivity index (χ3v) is 2.85. The number of methoxy groups -OCH3 is 1. The molecule has 0 heterocycles. The fraction of sp³-hybridized carbons (Fsp3) is 0.429. The lowest BCUT2D eigenvalue weighted by atomic mass is 10.0. The van der Waals surface area contributed by atoms with Gasteiger partial charge in [0.1, 0.15) is 11.8 Å². The minimum Gasteiger partial charge on any atom is -0.497 e. The first kappa shape index (κ1) is 15.8. The van der Waals surface area contributed by atoms with Crippen LogP contribution in [-0.2, 0) is 11.3 Å². The van der Waals surface area contributed by atoms with Crippen LogP contribution in [0.1, 0.15) is 19.4 Å². The summed E-state index contributed by atoms with van der Waals surface area (Å²) < 4.78 is 5.11. The number of nitrogens with two attached hydrogens (primary N) is 1. The molecule has 0 bridgehead atoms. The van der Waals surface area contributed by atoms with Gasteiger partial charge in [-0.15, -0.1) is 0 Å². The average Bonchev–Trinajstić information content (AvgIpc) is 2.42. The predicted molar refractivity (Wildman–Crippen MR) is 76.2 cm³/mol. The molecule has 0 aliphatic heterocycles. The summed E-state index contributed by atoms with van der Waals surface area (Å²) in [5.41, 5.74) is 5.98. The number of hydrogen-bond acceptors (Lipinski definition) is 3. The van der Waals surface area contributed by atoms with Crippen molar-refractivity contribution in [3.05, 3.63) is 29.8 Å². The smallest absolute Gasteiger partial charge is 0.312 e. The Morgan fingerprint density at radius 1 is 1.35 bits per heavy atom. The van der Waals surface area contributed by atoms with Crippen LogP contribution in [0.3, 0.4) is 0 Å². The zero-order valence-corrected chi connectivity index (χ0v) is 12.0. The van der Waals surface area contributed by atoms with Crippen molar-refractivity contribution in [2.45, 2.75) is 26.4 Å². The van der Waals surface area contributed by atoms with Gasteiger partial charge in [-0.05, 0) is 23.6 Å². The number of carbonyl (C=O) groups is 2. The first-order valence-corrected chi connectivity index (χ1v) is 6.40. The highest BCUT2D eigenvalue weighted by Gasteiger charge is 2.22. The fourth-order valence-corrected chi connectivity index (χ4v) is 1.77. The van der Waals surface area contributed by atoms with E-state index < -0.39 is 12.1 Å². The molecule has 0 spiro atoms. The van der Waals surface area contributed by atoms with Gasteiger partial charge in [-0.25, -0.2) is 4.79 Å². The normalized spacial score (nSPS) is 11.8. The number of ether oxygens (including phenoxy) is 1. The zero-order chi connectivity index (χ0) is 15.1. The maximum absolute atomic E-state index is 12.0. The van der Waals surface area contributed by atoms with E-state index in [1.165, 1.54) is 0 Å². The summed E-state index contributed by atoms with van der Waals surface area (Å²) in [4.78, 5) is 22.9. The summed E-state index contributed by atoms with van der Waals surface area (Å²) >= 11 is 0. The third kappa shape index (κ3) is 4.79. The van der Waals surface area contributed by atoms with Crippen molar-refractivity contribution in [2.75, 3.05) is 7.11 Å². The van der Waals surface area contributed by atoms with Crippen molar-refractivity contribution in [3.8, 4) is 5.75 Å². The number of carbonyl (C=O) groups excluding carboxylic acids is 2. The molecule has 1 atom stereocenters. The maximum atomic E-state index is 12.0. The van der Waals surface area contributed by atoms with Crippen LogP contribution in [-0.4, -0.2) is 25.1 Å². The minimum absolute atomic E-state index is 0.0483. The molecule has 6 nitrogen and oxygen atoms in total. The molecule has 0 aliphatic carbocycles. The highest BCUT2D eigenvalue weighted by atomic mass is 16.5. The second-order valence-corrected chi connectivity index (χ2v) is 4.80. The highest BCUT2D eigenvalue weighted by molar-refractivity contribution is 5.86. The Bertz CT molecular complexity index is 474. The van der Waals surface area contributed by atoms with Crippen LogP contribution in [0.25, 0.3) is 0 Å². The molecule has 1 rings (SSSR count). The fourth-order valence-electron chi connectivity index (χ4n) is 1.77. The van der Waals surface area contributed by atoms with Gasteiger partial charge in [0.25, 0.3) is 0 Å². The third-order valence-electron chi connectivity index (χ3n) is 2.85. The van der Waals surface area contributed by atoms with Gasteiger partial charge in [0.15, 0.2) is 0 Å². The van der Waals surface area contributed by atoms with Gasteiger partial charge < -0.3 is 21.1 Å². The summed E-state index contributed by atoms with van der Waals surface area (Å²) in [6, 6.07) is 6.05. The van der Waals surface area contributed by atoms with E-state index in [0.717, 1.165) is 11.3 Å². The number of benzene rings is 1. The monoisotopic (exact) mass is 279 g/mol. The van der Waals surface area contributed by atoms with E-state index in [2.05, 4.69) is 10.6 Å². The molecule has 4 N–H and O–H groups in total. The van der Waals surface area contributed by atoms with Crippen molar-refractivity contribution >= 4 is 11.9 Å². The second-order valence-electron chi connectivity index (χ2n) is 4.80. The lowest BCUT2D eigenvalue weighted by molar-refractivity contribution is -0.124. The molecule has 0 saturated carbocycles. The van der Waals surface area contributed by atoms with Gasteiger partial charge in [-0.3, -0.25) is 4.79 Å². The topological polar surface area (TPSA) is 93.4 Å². The van der Waals surface area contributed by atoms with E-state index in [-0.39, 0.29) is 11.8 Å². The van der Waals surface area contributed by atoms with Crippen molar-refractivity contribution < 1.29 is 14.3 Å². The van der Waals surface area contributed by atoms with Crippen molar-refractivity contribution in [1.82, 2.24) is 10.6 Å². The van der Waals surface area contributed by atoms with Crippen LogP contribution in [0.2, 0.25) is 0 Å². The van der Waals surface area contributed by atoms with Crippen LogP contribution in [0.4, 0.5) is 4.79 Å². The van der Waals surface area contributed by atoms with Gasteiger partial charge in [-0.2, -0.15) is 0 Å². The minimum atomic E-state index is -0.708. The Labute approximate surface area is 118 Å². The van der Waals surface area contributed by atoms with E-state index in [0.29, 0.717) is 6.54 Å². The lowest BCUT2D eigenvalue weighted by Crippen LogP contribution is -2.51. The maximum Gasteiger partial charge on any atom is 0.312 e. The summed E-state index contributed by atoms with van der Waals surface area (Å²) in [6.07, 6.45) is 0. The number of nitrogens with one attached hydrogen (secondary N) is 2. The highest BCUT2D eigenvalue weighted by Crippen LogP contribution is 2.12. The quantitative estimate of drug-likeness (QED) is 0.725. The molecule has 1 aromatic rings. The predicted octanol–water partition coefficient (Wildman–Crippen LogP) is 1.00. The molecule has 6 heteroatoms. The molecule has 0 aliphatic rings. The Balaban J connectivity index is 2.62. The Morgan fingerprint density at radius 2 is 2.05 bits per heavy atom. The van der Waals surface area contributed by atoms with Gasteiger partial charge in [0.05, 0.1) is 7.11 Å². The molecule has 0 fully saturated rings. The number of amides is 3. The Morgan fingerprint density at radius 3 is 2.60 bits per heavy atom. The van der Waals surface area contributed by atoms with Crippen LogP contribution in [0.5, 0.6) is 5.75 Å². The molecule has 20 heavy (non-hydrogen) atoms. The molecule has 1 aromatic carbocycles. The average molecular weight is 279 g/mol. The molecule has 3 amide bonds. The standard InChI is InChI=1S/C14H21N3O3/c1-9(2)12(17-14(15)19)13(18)16-8-10-5-4-6-11(7-10)20-3/h4-7,9,12H,8H2,1-3H3,(H,16,18)(H3,15,17,19)/t12-/m0/s1. The summed E-state index contributed by atoms with van der Waals surface area (Å²) in [5.74, 6) is 0.418. The number of rotatable bonds is 6. The number of hydrogen-bond donors (Lipinski definition) is 3. The van der Waals surface area contributed by atoms with E-state index in [9.17, 15) is 9.59 Å². The summed E-state index contributed by atoms with van der Waals surface area (Å²) in [7, 11) is 1.59. The molecule has 0 saturated heterocycles. The van der Waals surface area contributed by atoms with Crippen molar-refractivity contribution in [1.29, 1.82) is 0 Å². The van der Waals surface area contributed by atoms with E-state index in [4.69, 9.17) is 10.5 Å². The van der Waals surface area contributed by atoms with Gasteiger partial charge in [-0.1, -0.05) is 26.0 Å². The van der Waals surface area contributed by atoms with E-state index >= 15 is 0 Å². The van der Waals surface area contributed by atoms with Crippen molar-refractivity contribution in [2.24, 2.45) is 11.7 Å². The Hall–Kier alpha value is -2.24. The first-order valence-electron chi connectivity index (χ1n) is 6.40. The van der Waals surface area contributed by atoms with Crippen LogP contribution >= 0.6 is 0 Å². The second kappa shape index (κ2) is 7.37. The largest absolute Gasteiger partial charge is 0.497 e. The number of urea groups is 1.